The van der Waals surface area contributed by atoms with Crippen LogP contribution < -0.4 is 4.90 Å². The van der Waals surface area contributed by atoms with Crippen LogP contribution in [0.3, 0.4) is 0 Å². The molecule has 1 N–H and O–H groups in total. The largest absolute Gasteiger partial charge is 0.478 e. The normalized spacial score (nSPS) is 15.1. The maximum absolute atomic E-state index is 10.5. The van der Waals surface area contributed by atoms with Crippen molar-refractivity contribution in [3.63, 3.8) is 0 Å². The van der Waals surface area contributed by atoms with Crippen LogP contribution in [0.4, 0.5) is 5.95 Å². The van der Waals surface area contributed by atoms with Crippen LogP contribution in [-0.2, 0) is 0 Å². The first-order chi connectivity index (χ1) is 6.66. The number of carbonyl (C=O) groups is 1. The van der Waals surface area contributed by atoms with Crippen molar-refractivity contribution >= 4 is 11.9 Å². The third-order valence-corrected chi connectivity index (χ3v) is 2.00. The molecule has 1 fully saturated rings. The fourth-order valence-electron chi connectivity index (χ4n) is 1.23. The maximum Gasteiger partial charge on any atom is 0.338 e. The fraction of sp³-hybridized carbons (Fsp3) is 0.222. The van der Waals surface area contributed by atoms with Gasteiger partial charge in [-0.3, -0.25) is 0 Å². The van der Waals surface area contributed by atoms with Gasteiger partial charge in [-0.1, -0.05) is 6.58 Å². The topological polar surface area (TPSA) is 66.3 Å². The van der Waals surface area contributed by atoms with E-state index in [0.29, 0.717) is 5.95 Å². The van der Waals surface area contributed by atoms with E-state index >= 15 is 0 Å². The third-order valence-electron chi connectivity index (χ3n) is 2.00. The molecular weight excluding hydrogens is 182 g/mol. The predicted molar refractivity (Wildman–Crippen MR) is 50.3 cm³/mol. The molecule has 0 spiro atoms. The minimum atomic E-state index is -1.01. The number of anilines is 1. The van der Waals surface area contributed by atoms with Crippen molar-refractivity contribution in [3.8, 4) is 0 Å². The van der Waals surface area contributed by atoms with Gasteiger partial charge in [0.15, 0.2) is 0 Å². The molecule has 0 amide bonds. The number of hydrogen-bond donors (Lipinski definition) is 1. The van der Waals surface area contributed by atoms with Crippen LogP contribution >= 0.6 is 0 Å². The fourth-order valence-corrected chi connectivity index (χ4v) is 1.23. The Morgan fingerprint density at radius 2 is 2.00 bits per heavy atom. The van der Waals surface area contributed by atoms with Crippen LogP contribution in [0.25, 0.3) is 0 Å². The smallest absolute Gasteiger partial charge is 0.338 e. The minimum Gasteiger partial charge on any atom is -0.478 e. The van der Waals surface area contributed by atoms with Crippen LogP contribution in [0, 0.1) is 0 Å². The highest BCUT2D eigenvalue weighted by molar-refractivity contribution is 5.86. The van der Waals surface area contributed by atoms with E-state index in [2.05, 4.69) is 16.5 Å². The van der Waals surface area contributed by atoms with Crippen molar-refractivity contribution < 1.29 is 9.90 Å². The zero-order chi connectivity index (χ0) is 10.1. The molecule has 5 heteroatoms. The van der Waals surface area contributed by atoms with Crippen molar-refractivity contribution in [3.05, 3.63) is 30.1 Å². The summed E-state index contributed by atoms with van der Waals surface area (Å²) < 4.78 is 0. The van der Waals surface area contributed by atoms with E-state index in [0.717, 1.165) is 18.7 Å². The lowest BCUT2D eigenvalue weighted by Crippen LogP contribution is -2.40. The molecule has 0 atom stereocenters. The number of rotatable bonds is 2. The van der Waals surface area contributed by atoms with Gasteiger partial charge in [0.1, 0.15) is 0 Å². The van der Waals surface area contributed by atoms with E-state index in [-0.39, 0.29) is 5.56 Å². The summed E-state index contributed by atoms with van der Waals surface area (Å²) in [6.45, 7) is 5.30. The van der Waals surface area contributed by atoms with Gasteiger partial charge in [-0.15, -0.1) is 0 Å². The zero-order valence-corrected chi connectivity index (χ0v) is 7.47. The molecule has 2 heterocycles. The second-order valence-electron chi connectivity index (χ2n) is 3.18. The summed E-state index contributed by atoms with van der Waals surface area (Å²) in [5, 5.41) is 8.62. The average Bonchev–Trinajstić information content (AvgIpc) is 2.13. The molecule has 2 rings (SSSR count). The van der Waals surface area contributed by atoms with Crippen molar-refractivity contribution in [2.24, 2.45) is 0 Å². The molecule has 1 aromatic rings. The Labute approximate surface area is 80.7 Å². The van der Waals surface area contributed by atoms with Gasteiger partial charge in [0.25, 0.3) is 0 Å². The lowest BCUT2D eigenvalue weighted by Gasteiger charge is -2.32. The van der Waals surface area contributed by atoms with Crippen LogP contribution in [0.1, 0.15) is 10.4 Å². The number of carboxylic acid groups (broad SMARTS) is 1. The lowest BCUT2D eigenvalue weighted by atomic mass is 10.1. The summed E-state index contributed by atoms with van der Waals surface area (Å²) in [5.41, 5.74) is 1.24. The monoisotopic (exact) mass is 191 g/mol. The van der Waals surface area contributed by atoms with Crippen molar-refractivity contribution in [1.29, 1.82) is 0 Å². The summed E-state index contributed by atoms with van der Waals surface area (Å²) in [6.07, 6.45) is 2.62. The van der Waals surface area contributed by atoms with Crippen LogP contribution in [0.2, 0.25) is 0 Å². The molecule has 0 unspecified atom stereocenters. The molecule has 5 nitrogen and oxygen atoms in total. The summed E-state index contributed by atoms with van der Waals surface area (Å²) in [5.74, 6) is -0.452. The quantitative estimate of drug-likeness (QED) is 0.691. The second kappa shape index (κ2) is 3.10. The molecule has 0 aliphatic carbocycles. The molecule has 1 aliphatic rings. The minimum absolute atomic E-state index is 0.105. The number of aromatic carboxylic acids is 1. The molecule has 1 aliphatic heterocycles. The van der Waals surface area contributed by atoms with E-state index < -0.39 is 5.97 Å². The Balaban J connectivity index is 2.14. The molecule has 1 saturated heterocycles. The zero-order valence-electron chi connectivity index (χ0n) is 7.47. The van der Waals surface area contributed by atoms with Crippen molar-refractivity contribution in [2.45, 2.75) is 0 Å². The van der Waals surface area contributed by atoms with E-state index in [1.165, 1.54) is 12.4 Å². The van der Waals surface area contributed by atoms with Gasteiger partial charge < -0.3 is 10.0 Å². The highest BCUT2D eigenvalue weighted by Crippen LogP contribution is 2.17. The number of carboxylic acids is 1. The lowest BCUT2D eigenvalue weighted by molar-refractivity contribution is 0.0696. The highest BCUT2D eigenvalue weighted by Gasteiger charge is 2.20. The first-order valence-corrected chi connectivity index (χ1v) is 4.14. The average molecular weight is 191 g/mol. The van der Waals surface area contributed by atoms with Crippen LogP contribution in [0.5, 0.6) is 0 Å². The first kappa shape index (κ1) is 8.68. The van der Waals surface area contributed by atoms with Crippen LogP contribution in [0.15, 0.2) is 24.5 Å². The SMILES string of the molecule is C=C1CN(c2ncc(C(=O)O)cn2)C1. The second-order valence-corrected chi connectivity index (χ2v) is 3.18. The molecule has 0 aromatic carbocycles. The van der Waals surface area contributed by atoms with E-state index in [9.17, 15) is 4.79 Å². The Morgan fingerprint density at radius 3 is 2.43 bits per heavy atom. The standard InChI is InChI=1S/C9H9N3O2/c1-6-4-12(5-6)9-10-2-7(3-11-9)8(13)14/h2-3H,1,4-5H2,(H,13,14). The summed E-state index contributed by atoms with van der Waals surface area (Å²) >= 11 is 0. The highest BCUT2D eigenvalue weighted by atomic mass is 16.4. The third kappa shape index (κ3) is 1.44. The molecular formula is C9H9N3O2. The molecule has 0 bridgehead atoms. The Bertz CT molecular complexity index is 378. The summed E-state index contributed by atoms with van der Waals surface area (Å²) in [7, 11) is 0. The Morgan fingerprint density at radius 1 is 1.43 bits per heavy atom. The first-order valence-electron chi connectivity index (χ1n) is 4.14. The number of aromatic nitrogens is 2. The van der Waals surface area contributed by atoms with Crippen molar-refractivity contribution in [1.82, 2.24) is 9.97 Å². The summed E-state index contributed by atoms with van der Waals surface area (Å²) in [4.78, 5) is 20.3. The summed E-state index contributed by atoms with van der Waals surface area (Å²) in [6, 6.07) is 0. The number of nitrogens with zero attached hydrogens (tertiary/aromatic N) is 3. The van der Waals surface area contributed by atoms with Crippen LogP contribution in [-0.4, -0.2) is 34.1 Å². The van der Waals surface area contributed by atoms with Gasteiger partial charge >= 0.3 is 5.97 Å². The van der Waals surface area contributed by atoms with Gasteiger partial charge in [-0.25, -0.2) is 14.8 Å². The van der Waals surface area contributed by atoms with E-state index in [1.54, 1.807) is 0 Å². The number of hydrogen-bond acceptors (Lipinski definition) is 4. The Kier molecular flexibility index (Phi) is 1.92. The van der Waals surface area contributed by atoms with Gasteiger partial charge in [-0.2, -0.15) is 0 Å². The predicted octanol–water partition coefficient (Wildman–Crippen LogP) is 0.551. The Hall–Kier alpha value is -1.91. The van der Waals surface area contributed by atoms with E-state index in [1.807, 2.05) is 4.90 Å². The molecule has 1 aromatic heterocycles. The van der Waals surface area contributed by atoms with Gasteiger partial charge in [0, 0.05) is 25.5 Å². The van der Waals surface area contributed by atoms with Crippen molar-refractivity contribution in [2.75, 3.05) is 18.0 Å². The van der Waals surface area contributed by atoms with Gasteiger partial charge in [0.05, 0.1) is 5.56 Å². The maximum atomic E-state index is 10.5. The van der Waals surface area contributed by atoms with E-state index in [4.69, 9.17) is 5.11 Å². The molecule has 0 radical (unpaired) electrons. The molecule has 0 saturated carbocycles. The molecule has 72 valence electrons. The molecule has 14 heavy (non-hydrogen) atoms. The van der Waals surface area contributed by atoms with Gasteiger partial charge in [0.2, 0.25) is 5.95 Å². The van der Waals surface area contributed by atoms with Gasteiger partial charge in [-0.05, 0) is 5.57 Å².